The van der Waals surface area contributed by atoms with Gasteiger partial charge in [-0.25, -0.2) is 0 Å². The van der Waals surface area contributed by atoms with Crippen molar-refractivity contribution in [1.29, 1.82) is 0 Å². The Morgan fingerprint density at radius 2 is 2.33 bits per heavy atom. The van der Waals surface area contributed by atoms with Gasteiger partial charge < -0.3 is 19.9 Å². The number of piperazine rings is 1. The number of rotatable bonds is 2. The van der Waals surface area contributed by atoms with Crippen LogP contribution in [0.1, 0.15) is 10.9 Å². The molecule has 114 valence electrons. The molecule has 21 heavy (non-hydrogen) atoms. The largest absolute Gasteiger partial charge is 0.366 e. The van der Waals surface area contributed by atoms with Crippen molar-refractivity contribution in [2.75, 3.05) is 39.8 Å². The summed E-state index contributed by atoms with van der Waals surface area (Å²) < 4.78 is 5.55. The Morgan fingerprint density at radius 1 is 1.48 bits per heavy atom. The third-order valence-electron chi connectivity index (χ3n) is 3.90. The third-order valence-corrected chi connectivity index (χ3v) is 4.82. The van der Waals surface area contributed by atoms with Gasteiger partial charge in [-0.1, -0.05) is 6.07 Å². The summed E-state index contributed by atoms with van der Waals surface area (Å²) in [6.07, 6.45) is -0.489. The van der Waals surface area contributed by atoms with Crippen molar-refractivity contribution >= 4 is 23.2 Å². The van der Waals surface area contributed by atoms with Crippen molar-refractivity contribution in [2.45, 2.75) is 12.1 Å². The minimum atomic E-state index is -0.512. The van der Waals surface area contributed by atoms with Gasteiger partial charge in [0.15, 0.2) is 0 Å². The zero-order valence-corrected chi connectivity index (χ0v) is 12.8. The highest BCUT2D eigenvalue weighted by Gasteiger charge is 2.40. The van der Waals surface area contributed by atoms with E-state index >= 15 is 0 Å². The zero-order chi connectivity index (χ0) is 14.8. The summed E-state index contributed by atoms with van der Waals surface area (Å²) in [6.45, 7) is 2.91. The van der Waals surface area contributed by atoms with Gasteiger partial charge in [0.05, 0.1) is 6.61 Å². The normalized spacial score (nSPS) is 27.0. The number of nitrogens with zero attached hydrogens (tertiary/aromatic N) is 2. The Balaban J connectivity index is 1.84. The van der Waals surface area contributed by atoms with Crippen LogP contribution in [-0.2, 0) is 14.3 Å². The Labute approximate surface area is 127 Å². The molecule has 2 aliphatic heterocycles. The van der Waals surface area contributed by atoms with E-state index in [2.05, 4.69) is 5.32 Å². The summed E-state index contributed by atoms with van der Waals surface area (Å²) in [5.74, 6) is -0.122. The average Bonchev–Trinajstić information content (AvgIpc) is 3.04. The molecule has 0 bridgehead atoms. The molecule has 0 aliphatic carbocycles. The van der Waals surface area contributed by atoms with E-state index < -0.39 is 12.1 Å². The van der Waals surface area contributed by atoms with E-state index in [-0.39, 0.29) is 11.8 Å². The van der Waals surface area contributed by atoms with Crippen molar-refractivity contribution in [1.82, 2.24) is 15.1 Å². The molecular weight excluding hydrogens is 290 g/mol. The van der Waals surface area contributed by atoms with E-state index in [1.54, 1.807) is 16.8 Å². The number of carbonyl (C=O) groups excluding carboxylic acids is 2. The summed E-state index contributed by atoms with van der Waals surface area (Å²) in [4.78, 5) is 29.5. The maximum Gasteiger partial charge on any atom is 0.254 e. The first kappa shape index (κ1) is 14.5. The Bertz CT molecular complexity index is 514. The van der Waals surface area contributed by atoms with E-state index in [0.717, 1.165) is 11.4 Å². The van der Waals surface area contributed by atoms with E-state index in [0.29, 0.717) is 26.2 Å². The first-order valence-electron chi connectivity index (χ1n) is 7.09. The highest BCUT2D eigenvalue weighted by molar-refractivity contribution is 7.10. The second kappa shape index (κ2) is 6.13. The van der Waals surface area contributed by atoms with Crippen LogP contribution in [0, 0.1) is 0 Å². The Kier molecular flexibility index (Phi) is 4.23. The molecule has 2 amide bonds. The molecule has 1 N–H and O–H groups in total. The lowest BCUT2D eigenvalue weighted by atomic mass is 10.1. The fourth-order valence-corrected chi connectivity index (χ4v) is 3.54. The lowest BCUT2D eigenvalue weighted by molar-refractivity contribution is -0.158. The number of nitrogens with one attached hydrogen (secondary N) is 1. The highest BCUT2D eigenvalue weighted by atomic mass is 32.1. The van der Waals surface area contributed by atoms with Gasteiger partial charge in [-0.2, -0.15) is 0 Å². The van der Waals surface area contributed by atoms with Crippen molar-refractivity contribution in [3.8, 4) is 0 Å². The van der Waals surface area contributed by atoms with E-state index in [1.165, 1.54) is 11.3 Å². The molecule has 3 heterocycles. The van der Waals surface area contributed by atoms with E-state index in [4.69, 9.17) is 4.74 Å². The van der Waals surface area contributed by atoms with Gasteiger partial charge in [0, 0.05) is 38.1 Å². The van der Waals surface area contributed by atoms with Gasteiger partial charge in [0.2, 0.25) is 0 Å². The molecular formula is C14H19N3O3S. The topological polar surface area (TPSA) is 61.9 Å². The van der Waals surface area contributed by atoms with Gasteiger partial charge in [-0.05, 0) is 11.4 Å². The predicted molar refractivity (Wildman–Crippen MR) is 79.0 cm³/mol. The number of ether oxygens (including phenoxy) is 1. The SMILES string of the molecule is CN1CCN(C(=O)C2CNCCO2)C(c2cccs2)C1=O. The van der Waals surface area contributed by atoms with Crippen LogP contribution in [0.25, 0.3) is 0 Å². The van der Waals surface area contributed by atoms with Crippen molar-refractivity contribution in [3.63, 3.8) is 0 Å². The quantitative estimate of drug-likeness (QED) is 0.840. The summed E-state index contributed by atoms with van der Waals surface area (Å²) in [7, 11) is 1.78. The second-order valence-electron chi connectivity index (χ2n) is 5.27. The maximum absolute atomic E-state index is 12.7. The van der Waals surface area contributed by atoms with E-state index in [9.17, 15) is 9.59 Å². The standard InChI is InChI=1S/C14H19N3O3S/c1-16-5-6-17(13(18)10-9-15-4-7-20-10)12(14(16)19)11-3-2-8-21-11/h2-3,8,10,12,15H,4-7,9H2,1H3. The lowest BCUT2D eigenvalue weighted by Gasteiger charge is -2.40. The second-order valence-corrected chi connectivity index (χ2v) is 6.25. The van der Waals surface area contributed by atoms with Crippen molar-refractivity contribution < 1.29 is 14.3 Å². The minimum Gasteiger partial charge on any atom is -0.366 e. The molecule has 2 saturated heterocycles. The molecule has 0 saturated carbocycles. The molecule has 2 unspecified atom stereocenters. The number of amides is 2. The predicted octanol–water partition coefficient (Wildman–Crippen LogP) is 0.0782. The summed E-state index contributed by atoms with van der Waals surface area (Å²) in [5, 5.41) is 5.09. The van der Waals surface area contributed by atoms with E-state index in [1.807, 2.05) is 17.5 Å². The van der Waals surface area contributed by atoms with Crippen LogP contribution in [0.4, 0.5) is 0 Å². The summed E-state index contributed by atoms with van der Waals surface area (Å²) in [6, 6.07) is 3.30. The van der Waals surface area contributed by atoms with Gasteiger partial charge in [0.1, 0.15) is 12.1 Å². The molecule has 0 aromatic carbocycles. The monoisotopic (exact) mass is 309 g/mol. The minimum absolute atomic E-state index is 0.0270. The molecule has 2 fully saturated rings. The molecule has 2 aliphatic rings. The van der Waals surface area contributed by atoms with Gasteiger partial charge in [-0.15, -0.1) is 11.3 Å². The Hall–Kier alpha value is -1.44. The summed E-state index contributed by atoms with van der Waals surface area (Å²) >= 11 is 1.51. The fourth-order valence-electron chi connectivity index (χ4n) is 2.71. The van der Waals surface area contributed by atoms with Gasteiger partial charge in [-0.3, -0.25) is 9.59 Å². The Morgan fingerprint density at radius 3 is 3.00 bits per heavy atom. The zero-order valence-electron chi connectivity index (χ0n) is 11.9. The third kappa shape index (κ3) is 2.81. The smallest absolute Gasteiger partial charge is 0.254 e. The van der Waals surface area contributed by atoms with Crippen LogP contribution in [0.5, 0.6) is 0 Å². The number of carbonyl (C=O) groups is 2. The number of likely N-dealkylation sites (N-methyl/N-ethyl adjacent to an activating group) is 1. The van der Waals surface area contributed by atoms with Crippen LogP contribution in [-0.4, -0.2) is 67.6 Å². The fraction of sp³-hybridized carbons (Fsp3) is 0.571. The number of hydrogen-bond donors (Lipinski definition) is 1. The molecule has 1 aromatic rings. The molecule has 0 radical (unpaired) electrons. The maximum atomic E-state index is 12.7. The van der Waals surface area contributed by atoms with Gasteiger partial charge >= 0.3 is 0 Å². The molecule has 2 atom stereocenters. The van der Waals surface area contributed by atoms with Crippen LogP contribution in [0.3, 0.4) is 0 Å². The number of hydrogen-bond acceptors (Lipinski definition) is 5. The van der Waals surface area contributed by atoms with Crippen molar-refractivity contribution in [3.05, 3.63) is 22.4 Å². The van der Waals surface area contributed by atoms with Crippen LogP contribution in [0.2, 0.25) is 0 Å². The first-order chi connectivity index (χ1) is 10.2. The average molecular weight is 309 g/mol. The highest BCUT2D eigenvalue weighted by Crippen LogP contribution is 2.30. The van der Waals surface area contributed by atoms with Crippen LogP contribution in [0.15, 0.2) is 17.5 Å². The molecule has 6 nitrogen and oxygen atoms in total. The molecule has 1 aromatic heterocycles. The summed E-state index contributed by atoms with van der Waals surface area (Å²) in [5.41, 5.74) is 0. The van der Waals surface area contributed by atoms with Crippen molar-refractivity contribution in [2.24, 2.45) is 0 Å². The number of thiophene rings is 1. The van der Waals surface area contributed by atoms with Crippen LogP contribution < -0.4 is 5.32 Å². The molecule has 3 rings (SSSR count). The lowest BCUT2D eigenvalue weighted by Crippen LogP contribution is -2.57. The molecule has 0 spiro atoms. The molecule has 7 heteroatoms. The first-order valence-corrected chi connectivity index (χ1v) is 7.97. The van der Waals surface area contributed by atoms with Gasteiger partial charge in [0.25, 0.3) is 11.8 Å². The van der Waals surface area contributed by atoms with Crippen LogP contribution >= 0.6 is 11.3 Å². The number of morpholine rings is 1.